The van der Waals surface area contributed by atoms with Gasteiger partial charge in [0.15, 0.2) is 0 Å². The van der Waals surface area contributed by atoms with E-state index in [0.29, 0.717) is 0 Å². The Kier molecular flexibility index (Phi) is 4.15. The maximum atomic E-state index is 4.39. The topological polar surface area (TPSA) is 24.9 Å². The van der Waals surface area contributed by atoms with Crippen LogP contribution in [0.2, 0.25) is 0 Å². The minimum absolute atomic E-state index is 0.734. The van der Waals surface area contributed by atoms with Crippen LogP contribution in [-0.2, 0) is 6.42 Å². The van der Waals surface area contributed by atoms with Gasteiger partial charge >= 0.3 is 0 Å². The molecule has 84 valence electrons. The number of hydrogen-bond acceptors (Lipinski definition) is 3. The third-order valence-corrected chi connectivity index (χ3v) is 4.19. The molecule has 0 amide bonds. The van der Waals surface area contributed by atoms with Crippen molar-refractivity contribution in [3.8, 4) is 0 Å². The van der Waals surface area contributed by atoms with Gasteiger partial charge in [-0.1, -0.05) is 12.8 Å². The highest BCUT2D eigenvalue weighted by Gasteiger charge is 2.19. The van der Waals surface area contributed by atoms with Gasteiger partial charge in [0.1, 0.15) is 0 Å². The van der Waals surface area contributed by atoms with E-state index < -0.39 is 0 Å². The third kappa shape index (κ3) is 3.28. The van der Waals surface area contributed by atoms with Crippen molar-refractivity contribution in [2.75, 3.05) is 7.05 Å². The van der Waals surface area contributed by atoms with Gasteiger partial charge < -0.3 is 5.32 Å². The quantitative estimate of drug-likeness (QED) is 0.799. The molecule has 1 aliphatic rings. The zero-order valence-corrected chi connectivity index (χ0v) is 10.2. The normalized spacial score (nSPS) is 27.5. The number of rotatable bonds is 3. The Hall–Kier alpha value is -0.410. The van der Waals surface area contributed by atoms with Crippen LogP contribution < -0.4 is 5.32 Å². The van der Waals surface area contributed by atoms with Crippen molar-refractivity contribution in [2.45, 2.75) is 44.6 Å². The van der Waals surface area contributed by atoms with E-state index in [2.05, 4.69) is 22.7 Å². The SMILES string of the molecule is CNC1CCCCC(Cc2nccs2)C1. The average Bonchev–Trinajstić information content (AvgIpc) is 2.64. The van der Waals surface area contributed by atoms with Gasteiger partial charge in [0.25, 0.3) is 0 Å². The zero-order chi connectivity index (χ0) is 10.5. The van der Waals surface area contributed by atoms with Gasteiger partial charge in [-0.2, -0.15) is 0 Å². The van der Waals surface area contributed by atoms with Crippen LogP contribution in [-0.4, -0.2) is 18.1 Å². The van der Waals surface area contributed by atoms with Crippen LogP contribution in [0, 0.1) is 5.92 Å². The molecule has 0 aliphatic heterocycles. The van der Waals surface area contributed by atoms with Gasteiger partial charge in [0, 0.05) is 24.0 Å². The number of nitrogens with one attached hydrogen (secondary N) is 1. The van der Waals surface area contributed by atoms with Gasteiger partial charge in [0.2, 0.25) is 0 Å². The first-order valence-corrected chi connectivity index (χ1v) is 6.82. The van der Waals surface area contributed by atoms with Crippen LogP contribution in [0.1, 0.15) is 37.1 Å². The molecule has 0 saturated heterocycles. The monoisotopic (exact) mass is 224 g/mol. The van der Waals surface area contributed by atoms with E-state index in [4.69, 9.17) is 0 Å². The molecule has 2 atom stereocenters. The largest absolute Gasteiger partial charge is 0.317 e. The predicted octanol–water partition coefficient (Wildman–Crippen LogP) is 2.85. The highest BCUT2D eigenvalue weighted by Crippen LogP contribution is 2.26. The van der Waals surface area contributed by atoms with Crippen molar-refractivity contribution in [3.05, 3.63) is 16.6 Å². The summed E-state index contributed by atoms with van der Waals surface area (Å²) in [6, 6.07) is 0.734. The first-order valence-electron chi connectivity index (χ1n) is 5.94. The molecule has 0 aromatic carbocycles. The van der Waals surface area contributed by atoms with Crippen LogP contribution in [0.3, 0.4) is 0 Å². The maximum absolute atomic E-state index is 4.39. The smallest absolute Gasteiger partial charge is 0.0927 e. The van der Waals surface area contributed by atoms with E-state index in [1.165, 1.54) is 43.5 Å². The fourth-order valence-corrected chi connectivity index (χ4v) is 3.24. The van der Waals surface area contributed by atoms with E-state index in [1.54, 1.807) is 11.3 Å². The van der Waals surface area contributed by atoms with Crippen molar-refractivity contribution in [2.24, 2.45) is 5.92 Å². The summed E-state index contributed by atoms with van der Waals surface area (Å²) < 4.78 is 0. The van der Waals surface area contributed by atoms with Gasteiger partial charge in [-0.05, 0) is 32.2 Å². The van der Waals surface area contributed by atoms with Gasteiger partial charge in [-0.15, -0.1) is 11.3 Å². The Balaban J connectivity index is 1.90. The number of hydrogen-bond donors (Lipinski definition) is 1. The fourth-order valence-electron chi connectivity index (χ4n) is 2.51. The van der Waals surface area contributed by atoms with Crippen molar-refractivity contribution in [1.29, 1.82) is 0 Å². The zero-order valence-electron chi connectivity index (χ0n) is 9.41. The second kappa shape index (κ2) is 5.61. The lowest BCUT2D eigenvalue weighted by molar-refractivity contribution is 0.400. The van der Waals surface area contributed by atoms with Crippen molar-refractivity contribution < 1.29 is 0 Å². The molecular formula is C12H20N2S. The van der Waals surface area contributed by atoms with Crippen LogP contribution >= 0.6 is 11.3 Å². The first-order chi connectivity index (χ1) is 7.38. The van der Waals surface area contributed by atoms with Crippen molar-refractivity contribution in [1.82, 2.24) is 10.3 Å². The summed E-state index contributed by atoms with van der Waals surface area (Å²) in [5.74, 6) is 0.844. The standard InChI is InChI=1S/C12H20N2S/c1-13-11-5-3-2-4-10(8-11)9-12-14-6-7-15-12/h6-7,10-11,13H,2-5,8-9H2,1H3. The number of nitrogens with zero attached hydrogens (tertiary/aromatic N) is 1. The molecule has 3 heteroatoms. The predicted molar refractivity (Wildman–Crippen MR) is 65.2 cm³/mol. The van der Waals surface area contributed by atoms with Crippen LogP contribution in [0.15, 0.2) is 11.6 Å². The molecule has 15 heavy (non-hydrogen) atoms. The third-order valence-electron chi connectivity index (χ3n) is 3.39. The van der Waals surface area contributed by atoms with E-state index in [0.717, 1.165) is 12.0 Å². The molecule has 2 unspecified atom stereocenters. The number of thiazole rings is 1. The molecule has 2 rings (SSSR count). The lowest BCUT2D eigenvalue weighted by Gasteiger charge is -2.18. The van der Waals surface area contributed by atoms with Crippen molar-refractivity contribution in [3.63, 3.8) is 0 Å². The first kappa shape index (κ1) is 11.1. The van der Waals surface area contributed by atoms with Crippen LogP contribution in [0.5, 0.6) is 0 Å². The summed E-state index contributed by atoms with van der Waals surface area (Å²) >= 11 is 1.80. The lowest BCUT2D eigenvalue weighted by atomic mass is 9.95. The molecule has 1 aromatic heterocycles. The molecular weight excluding hydrogens is 204 g/mol. The molecule has 1 heterocycles. The Bertz CT molecular complexity index is 271. The molecule has 2 nitrogen and oxygen atoms in total. The molecule has 1 aromatic rings. The van der Waals surface area contributed by atoms with Gasteiger partial charge in [-0.3, -0.25) is 0 Å². The molecule has 1 N–H and O–H groups in total. The lowest BCUT2D eigenvalue weighted by Crippen LogP contribution is -2.26. The Labute approximate surface area is 96.1 Å². The second-order valence-corrected chi connectivity index (χ2v) is 5.48. The molecule has 0 bridgehead atoms. The van der Waals surface area contributed by atoms with Crippen LogP contribution in [0.25, 0.3) is 0 Å². The Morgan fingerprint density at radius 3 is 3.07 bits per heavy atom. The van der Waals surface area contributed by atoms with Gasteiger partial charge in [-0.25, -0.2) is 4.98 Å². The maximum Gasteiger partial charge on any atom is 0.0927 e. The van der Waals surface area contributed by atoms with Gasteiger partial charge in [0.05, 0.1) is 5.01 Å². The summed E-state index contributed by atoms with van der Waals surface area (Å²) in [6.07, 6.45) is 9.97. The van der Waals surface area contributed by atoms with Crippen LogP contribution in [0.4, 0.5) is 0 Å². The van der Waals surface area contributed by atoms with E-state index in [1.807, 2.05) is 6.20 Å². The molecule has 0 spiro atoms. The van der Waals surface area contributed by atoms with E-state index >= 15 is 0 Å². The summed E-state index contributed by atoms with van der Waals surface area (Å²) in [5.41, 5.74) is 0. The highest BCUT2D eigenvalue weighted by atomic mass is 32.1. The molecule has 1 aliphatic carbocycles. The minimum atomic E-state index is 0.734. The summed E-state index contributed by atoms with van der Waals surface area (Å²) in [4.78, 5) is 4.39. The number of aromatic nitrogens is 1. The average molecular weight is 224 g/mol. The summed E-state index contributed by atoms with van der Waals surface area (Å²) in [6.45, 7) is 0. The summed E-state index contributed by atoms with van der Waals surface area (Å²) in [7, 11) is 2.09. The molecule has 0 radical (unpaired) electrons. The Morgan fingerprint density at radius 1 is 1.47 bits per heavy atom. The van der Waals surface area contributed by atoms with E-state index in [-0.39, 0.29) is 0 Å². The Morgan fingerprint density at radius 2 is 2.33 bits per heavy atom. The fraction of sp³-hybridized carbons (Fsp3) is 0.750. The summed E-state index contributed by atoms with van der Waals surface area (Å²) in [5, 5.41) is 6.84. The molecule has 1 saturated carbocycles. The van der Waals surface area contributed by atoms with E-state index in [9.17, 15) is 0 Å². The second-order valence-electron chi connectivity index (χ2n) is 4.50. The molecule has 1 fully saturated rings. The minimum Gasteiger partial charge on any atom is -0.317 e. The van der Waals surface area contributed by atoms with Crippen molar-refractivity contribution >= 4 is 11.3 Å². The highest BCUT2D eigenvalue weighted by molar-refractivity contribution is 7.09.